The number of carbonyl (C=O) groups is 1. The molecule has 0 amide bonds. The van der Waals surface area contributed by atoms with E-state index in [9.17, 15) is 4.79 Å². The van der Waals surface area contributed by atoms with Crippen LogP contribution in [-0.4, -0.2) is 24.3 Å². The van der Waals surface area contributed by atoms with E-state index in [1.807, 2.05) is 12.1 Å². The summed E-state index contributed by atoms with van der Waals surface area (Å²) < 4.78 is 12.3. The van der Waals surface area contributed by atoms with Crippen LogP contribution in [0.4, 0.5) is 0 Å². The number of hydrogen-bond acceptors (Lipinski definition) is 3. The summed E-state index contributed by atoms with van der Waals surface area (Å²) in [6.07, 6.45) is 10.9. The van der Waals surface area contributed by atoms with Crippen LogP contribution in [0.15, 0.2) is 42.5 Å². The predicted octanol–water partition coefficient (Wildman–Crippen LogP) is 5.69. The van der Waals surface area contributed by atoms with Crippen molar-refractivity contribution >= 4 is 12.0 Å². The first-order valence-electron chi connectivity index (χ1n) is 11.5. The number of aliphatic carboxylic acids is 1. The molecule has 1 aliphatic heterocycles. The molecule has 4 heteroatoms. The van der Waals surface area contributed by atoms with Crippen LogP contribution in [0.5, 0.6) is 11.5 Å². The second kappa shape index (κ2) is 7.15. The smallest absolute Gasteiger partial charge is 0.328 e. The molecule has 2 aromatic rings. The predicted molar refractivity (Wildman–Crippen MR) is 119 cm³/mol. The van der Waals surface area contributed by atoms with Crippen LogP contribution in [-0.2, 0) is 10.2 Å². The fraction of sp³-hybridized carbons (Fsp3) is 0.444. The third-order valence-corrected chi connectivity index (χ3v) is 7.91. The van der Waals surface area contributed by atoms with Crippen molar-refractivity contribution in [2.24, 2.45) is 17.8 Å². The lowest BCUT2D eigenvalue weighted by Gasteiger charge is -2.57. The number of carboxylic acids is 1. The van der Waals surface area contributed by atoms with Crippen molar-refractivity contribution in [2.75, 3.05) is 13.2 Å². The van der Waals surface area contributed by atoms with E-state index in [1.54, 1.807) is 6.08 Å². The van der Waals surface area contributed by atoms with E-state index < -0.39 is 5.97 Å². The largest absolute Gasteiger partial charge is 0.486 e. The van der Waals surface area contributed by atoms with Crippen LogP contribution in [0.1, 0.15) is 49.7 Å². The Morgan fingerprint density at radius 2 is 1.55 bits per heavy atom. The lowest BCUT2D eigenvalue weighted by Crippen LogP contribution is -2.48. The van der Waals surface area contributed by atoms with Gasteiger partial charge in [0.2, 0.25) is 0 Å². The Hall–Kier alpha value is -2.75. The van der Waals surface area contributed by atoms with Gasteiger partial charge >= 0.3 is 5.97 Å². The second-order valence-corrected chi connectivity index (χ2v) is 10.0. The third-order valence-electron chi connectivity index (χ3n) is 7.91. The van der Waals surface area contributed by atoms with Gasteiger partial charge in [-0.3, -0.25) is 0 Å². The minimum absolute atomic E-state index is 0.236. The van der Waals surface area contributed by atoms with E-state index in [0.29, 0.717) is 13.2 Å². The van der Waals surface area contributed by atoms with Gasteiger partial charge < -0.3 is 14.6 Å². The Kier molecular flexibility index (Phi) is 4.38. The first-order chi connectivity index (χ1) is 15.1. The molecule has 160 valence electrons. The molecule has 0 spiro atoms. The molecule has 4 fully saturated rings. The maximum Gasteiger partial charge on any atom is 0.328 e. The average molecular weight is 417 g/mol. The molecule has 5 aliphatic rings. The van der Waals surface area contributed by atoms with Gasteiger partial charge in [-0.05, 0) is 96.6 Å². The first kappa shape index (κ1) is 19.0. The van der Waals surface area contributed by atoms with Crippen molar-refractivity contribution in [2.45, 2.75) is 43.9 Å². The highest BCUT2D eigenvalue weighted by Crippen LogP contribution is 2.63. The van der Waals surface area contributed by atoms with Crippen LogP contribution < -0.4 is 9.47 Å². The van der Waals surface area contributed by atoms with Crippen molar-refractivity contribution in [3.05, 3.63) is 53.6 Å². The number of carboxylic acid groups (broad SMARTS) is 1. The zero-order chi connectivity index (χ0) is 21.0. The lowest BCUT2D eigenvalue weighted by molar-refractivity contribution is -0.131. The third kappa shape index (κ3) is 3.33. The Morgan fingerprint density at radius 3 is 2.19 bits per heavy atom. The maximum absolute atomic E-state index is 10.8. The van der Waals surface area contributed by atoms with Crippen LogP contribution in [0, 0.1) is 17.8 Å². The highest BCUT2D eigenvalue weighted by molar-refractivity contribution is 5.85. The van der Waals surface area contributed by atoms with Gasteiger partial charge in [0.25, 0.3) is 0 Å². The SMILES string of the molecule is O=C(O)/C=C/c1ccc(-c2cc3c(c(C45CC6CC(CC(C6)C4)C5)c2)OCCO3)cc1. The molecular formula is C27H28O4. The van der Waals surface area contributed by atoms with Gasteiger partial charge in [0, 0.05) is 11.6 Å². The maximum atomic E-state index is 10.8. The fourth-order valence-electron chi connectivity index (χ4n) is 7.11. The molecule has 4 bridgehead atoms. The van der Waals surface area contributed by atoms with Gasteiger partial charge in [-0.2, -0.15) is 0 Å². The van der Waals surface area contributed by atoms with Gasteiger partial charge in [0.05, 0.1) is 0 Å². The Balaban J connectivity index is 1.42. The minimum Gasteiger partial charge on any atom is -0.486 e. The van der Waals surface area contributed by atoms with E-state index in [-0.39, 0.29) is 5.41 Å². The zero-order valence-electron chi connectivity index (χ0n) is 17.7. The summed E-state index contributed by atoms with van der Waals surface area (Å²) in [6.45, 7) is 1.21. The molecule has 4 saturated carbocycles. The van der Waals surface area contributed by atoms with Gasteiger partial charge in [-0.1, -0.05) is 24.3 Å². The average Bonchev–Trinajstić information content (AvgIpc) is 2.76. The van der Waals surface area contributed by atoms with Crippen LogP contribution >= 0.6 is 0 Å². The number of fused-ring (bicyclic) bond motifs is 1. The molecular weight excluding hydrogens is 388 g/mol. The standard InChI is InChI=1S/C27H28O4/c28-25(29)6-3-17-1-4-21(5-2-17)22-12-23(26-24(13-22)30-7-8-31-26)27-14-18-9-19(15-27)11-20(10-18)16-27/h1-6,12-13,18-20H,7-11,14-16H2,(H,28,29)/b6-3+. The number of hydrogen-bond donors (Lipinski definition) is 1. The summed E-state index contributed by atoms with van der Waals surface area (Å²) in [7, 11) is 0. The number of rotatable bonds is 4. The minimum atomic E-state index is -0.934. The zero-order valence-corrected chi connectivity index (χ0v) is 17.7. The highest BCUT2D eigenvalue weighted by atomic mass is 16.6. The summed E-state index contributed by atoms with van der Waals surface area (Å²) in [5.74, 6) is 3.54. The van der Waals surface area contributed by atoms with Crippen molar-refractivity contribution in [1.82, 2.24) is 0 Å². The molecule has 4 aliphatic carbocycles. The van der Waals surface area contributed by atoms with E-state index in [4.69, 9.17) is 14.6 Å². The van der Waals surface area contributed by atoms with E-state index >= 15 is 0 Å². The van der Waals surface area contributed by atoms with Crippen molar-refractivity contribution in [1.29, 1.82) is 0 Å². The second-order valence-electron chi connectivity index (χ2n) is 10.0. The molecule has 31 heavy (non-hydrogen) atoms. The molecule has 0 atom stereocenters. The summed E-state index contributed by atoms with van der Waals surface area (Å²) in [6, 6.07) is 12.5. The first-order valence-corrected chi connectivity index (χ1v) is 11.5. The van der Waals surface area contributed by atoms with Crippen molar-refractivity contribution < 1.29 is 19.4 Å². The van der Waals surface area contributed by atoms with Crippen molar-refractivity contribution in [3.8, 4) is 22.6 Å². The molecule has 0 aromatic heterocycles. The van der Waals surface area contributed by atoms with E-state index in [0.717, 1.165) is 45.9 Å². The van der Waals surface area contributed by atoms with Gasteiger partial charge in [0.1, 0.15) is 13.2 Å². The Morgan fingerprint density at radius 1 is 0.903 bits per heavy atom. The topological polar surface area (TPSA) is 55.8 Å². The van der Waals surface area contributed by atoms with Crippen molar-refractivity contribution in [3.63, 3.8) is 0 Å². The Bertz CT molecular complexity index is 1010. The quantitative estimate of drug-likeness (QED) is 0.651. The monoisotopic (exact) mass is 416 g/mol. The van der Waals surface area contributed by atoms with Crippen LogP contribution in [0.25, 0.3) is 17.2 Å². The molecule has 1 N–H and O–H groups in total. The number of ether oxygens (including phenoxy) is 2. The van der Waals surface area contributed by atoms with Gasteiger partial charge in [0.15, 0.2) is 11.5 Å². The Labute approximate surface area is 182 Å². The lowest BCUT2D eigenvalue weighted by atomic mass is 9.48. The summed E-state index contributed by atoms with van der Waals surface area (Å²) in [4.78, 5) is 10.8. The van der Waals surface area contributed by atoms with E-state index in [2.05, 4.69) is 24.3 Å². The molecule has 1 heterocycles. The summed E-state index contributed by atoms with van der Waals surface area (Å²) in [5, 5.41) is 8.85. The summed E-state index contributed by atoms with van der Waals surface area (Å²) in [5.41, 5.74) is 4.76. The number of benzene rings is 2. The molecule has 0 unspecified atom stereocenters. The normalized spacial score (nSPS) is 30.6. The van der Waals surface area contributed by atoms with Gasteiger partial charge in [-0.25, -0.2) is 4.79 Å². The molecule has 0 radical (unpaired) electrons. The van der Waals surface area contributed by atoms with E-state index in [1.165, 1.54) is 50.2 Å². The highest BCUT2D eigenvalue weighted by Gasteiger charge is 2.53. The molecule has 7 rings (SSSR count). The molecule has 2 aromatic carbocycles. The fourth-order valence-corrected chi connectivity index (χ4v) is 7.11. The van der Waals surface area contributed by atoms with Crippen LogP contribution in [0.2, 0.25) is 0 Å². The summed E-state index contributed by atoms with van der Waals surface area (Å²) >= 11 is 0. The molecule has 4 nitrogen and oxygen atoms in total. The van der Waals surface area contributed by atoms with Crippen LogP contribution in [0.3, 0.4) is 0 Å². The molecule has 0 saturated heterocycles. The van der Waals surface area contributed by atoms with Gasteiger partial charge in [-0.15, -0.1) is 0 Å².